The van der Waals surface area contributed by atoms with Gasteiger partial charge in [0.1, 0.15) is 13.3 Å². The first-order valence-electron chi connectivity index (χ1n) is 2.42. The summed E-state index contributed by atoms with van der Waals surface area (Å²) >= 11 is 0. The van der Waals surface area contributed by atoms with E-state index in [2.05, 4.69) is 16.2 Å². The lowest BCUT2D eigenvalue weighted by molar-refractivity contribution is 0.214. The van der Waals surface area contributed by atoms with Crippen LogP contribution in [-0.4, -0.2) is 13.3 Å². The standard InChI is InChI=1S/C5H8NO/c1-7-6-4-5-2-3-5/h5H,2-3H2,1H3. The van der Waals surface area contributed by atoms with Crippen molar-refractivity contribution in [1.82, 2.24) is 0 Å². The quantitative estimate of drug-likeness (QED) is 0.371. The van der Waals surface area contributed by atoms with Crippen LogP contribution in [0.3, 0.4) is 0 Å². The number of hydrogen-bond donors (Lipinski definition) is 0. The molecule has 0 heterocycles. The van der Waals surface area contributed by atoms with Gasteiger partial charge in [-0.3, -0.25) is 0 Å². The molecule has 0 aromatic carbocycles. The molecule has 1 saturated carbocycles. The molecule has 1 aliphatic rings. The molecule has 2 heteroatoms. The van der Waals surface area contributed by atoms with E-state index in [1.165, 1.54) is 20.0 Å². The van der Waals surface area contributed by atoms with Crippen LogP contribution >= 0.6 is 0 Å². The molecule has 0 amide bonds. The highest BCUT2D eigenvalue weighted by atomic mass is 16.6. The summed E-state index contributed by atoms with van der Waals surface area (Å²) in [7, 11) is 1.54. The molecule has 2 nitrogen and oxygen atoms in total. The highest BCUT2D eigenvalue weighted by Gasteiger charge is 2.19. The largest absolute Gasteiger partial charge is 0.399 e. The van der Waals surface area contributed by atoms with Gasteiger partial charge in [0, 0.05) is 5.92 Å². The van der Waals surface area contributed by atoms with Gasteiger partial charge in [-0.1, -0.05) is 5.16 Å². The van der Waals surface area contributed by atoms with Crippen LogP contribution < -0.4 is 0 Å². The maximum atomic E-state index is 4.41. The van der Waals surface area contributed by atoms with Crippen LogP contribution in [-0.2, 0) is 4.84 Å². The van der Waals surface area contributed by atoms with Crippen molar-refractivity contribution in [1.29, 1.82) is 0 Å². The molecule has 1 rings (SSSR count). The van der Waals surface area contributed by atoms with E-state index in [4.69, 9.17) is 0 Å². The van der Waals surface area contributed by atoms with Crippen molar-refractivity contribution in [3.05, 3.63) is 0 Å². The van der Waals surface area contributed by atoms with E-state index < -0.39 is 0 Å². The zero-order valence-corrected chi connectivity index (χ0v) is 4.35. The third kappa shape index (κ3) is 1.57. The van der Waals surface area contributed by atoms with Gasteiger partial charge in [-0.25, -0.2) is 0 Å². The topological polar surface area (TPSA) is 21.6 Å². The van der Waals surface area contributed by atoms with Crippen LogP contribution in [0.15, 0.2) is 5.16 Å². The smallest absolute Gasteiger partial charge is 0.108 e. The molecule has 0 spiro atoms. The monoisotopic (exact) mass is 98.1 g/mol. The van der Waals surface area contributed by atoms with Gasteiger partial charge in [-0.15, -0.1) is 0 Å². The molecule has 1 radical (unpaired) electrons. The van der Waals surface area contributed by atoms with E-state index in [-0.39, 0.29) is 0 Å². The van der Waals surface area contributed by atoms with E-state index in [1.807, 2.05) is 0 Å². The molecule has 0 aromatic rings. The molecule has 39 valence electrons. The molecule has 0 aromatic heterocycles. The Hall–Kier alpha value is -0.530. The molecule has 0 N–H and O–H groups in total. The van der Waals surface area contributed by atoms with Gasteiger partial charge in [-0.05, 0) is 12.8 Å². The molecule has 0 bridgehead atoms. The minimum Gasteiger partial charge on any atom is -0.399 e. The normalized spacial score (nSPS) is 20.7. The van der Waals surface area contributed by atoms with Crippen LogP contribution in [0.25, 0.3) is 0 Å². The van der Waals surface area contributed by atoms with Crippen molar-refractivity contribution in [2.24, 2.45) is 11.1 Å². The molecule has 0 unspecified atom stereocenters. The lowest BCUT2D eigenvalue weighted by Crippen LogP contribution is -1.75. The van der Waals surface area contributed by atoms with Crippen LogP contribution in [0.5, 0.6) is 0 Å². The first-order chi connectivity index (χ1) is 3.43. The van der Waals surface area contributed by atoms with E-state index in [1.54, 1.807) is 0 Å². The maximum Gasteiger partial charge on any atom is 0.108 e. The Morgan fingerprint density at radius 3 is 2.86 bits per heavy atom. The lowest BCUT2D eigenvalue weighted by atomic mass is 10.5. The Balaban J connectivity index is 2.05. The van der Waals surface area contributed by atoms with Crippen molar-refractivity contribution in [2.45, 2.75) is 12.8 Å². The van der Waals surface area contributed by atoms with Crippen molar-refractivity contribution >= 4 is 6.21 Å². The van der Waals surface area contributed by atoms with Crippen LogP contribution in [0.2, 0.25) is 0 Å². The second-order valence-electron chi connectivity index (χ2n) is 1.68. The third-order valence-electron chi connectivity index (χ3n) is 0.904. The molecule has 1 fully saturated rings. The van der Waals surface area contributed by atoms with Gasteiger partial charge in [0.05, 0.1) is 0 Å². The molecule has 0 saturated heterocycles. The fraction of sp³-hybridized carbons (Fsp3) is 0.800. The van der Waals surface area contributed by atoms with Crippen LogP contribution in [0.1, 0.15) is 12.8 Å². The molecule has 0 aliphatic heterocycles. The summed E-state index contributed by atoms with van der Waals surface area (Å²) in [5.74, 6) is 0.611. The highest BCUT2D eigenvalue weighted by Crippen LogP contribution is 2.26. The Bertz CT molecular complexity index is 76.1. The summed E-state index contributed by atoms with van der Waals surface area (Å²) < 4.78 is 0. The molecule has 7 heavy (non-hydrogen) atoms. The van der Waals surface area contributed by atoms with E-state index in [9.17, 15) is 0 Å². The summed E-state index contributed by atoms with van der Waals surface area (Å²) in [5.41, 5.74) is 0. The summed E-state index contributed by atoms with van der Waals surface area (Å²) in [4.78, 5) is 4.41. The summed E-state index contributed by atoms with van der Waals surface area (Å²) in [6, 6.07) is 0. The maximum absolute atomic E-state index is 4.41. The second kappa shape index (κ2) is 1.96. The van der Waals surface area contributed by atoms with Gasteiger partial charge in [-0.2, -0.15) is 0 Å². The zero-order chi connectivity index (χ0) is 5.11. The Kier molecular flexibility index (Phi) is 1.29. The van der Waals surface area contributed by atoms with Crippen molar-refractivity contribution in [3.8, 4) is 0 Å². The Morgan fingerprint density at radius 1 is 1.71 bits per heavy atom. The van der Waals surface area contributed by atoms with E-state index in [0.717, 1.165) is 0 Å². The number of hydrogen-bond acceptors (Lipinski definition) is 2. The van der Waals surface area contributed by atoms with Gasteiger partial charge in [0.15, 0.2) is 0 Å². The Morgan fingerprint density at radius 2 is 2.43 bits per heavy atom. The molecule has 0 atom stereocenters. The van der Waals surface area contributed by atoms with E-state index >= 15 is 0 Å². The fourth-order valence-corrected chi connectivity index (χ4v) is 0.340. The predicted octanol–water partition coefficient (Wildman–Crippen LogP) is 0.906. The molecular weight excluding hydrogens is 90.1 g/mol. The van der Waals surface area contributed by atoms with Gasteiger partial charge in [0.2, 0.25) is 0 Å². The van der Waals surface area contributed by atoms with Crippen LogP contribution in [0, 0.1) is 5.92 Å². The number of nitrogens with zero attached hydrogens (tertiary/aromatic N) is 1. The summed E-state index contributed by atoms with van der Waals surface area (Å²) in [5, 5.41) is 3.48. The molecule has 1 aliphatic carbocycles. The average molecular weight is 98.1 g/mol. The first-order valence-corrected chi connectivity index (χ1v) is 2.42. The van der Waals surface area contributed by atoms with Crippen LogP contribution in [0.4, 0.5) is 0 Å². The average Bonchev–Trinajstić information content (AvgIpc) is 2.42. The third-order valence-corrected chi connectivity index (χ3v) is 0.904. The second-order valence-corrected chi connectivity index (χ2v) is 1.68. The fourth-order valence-electron chi connectivity index (χ4n) is 0.340. The zero-order valence-electron chi connectivity index (χ0n) is 4.35. The number of rotatable bonds is 2. The lowest BCUT2D eigenvalue weighted by Gasteiger charge is -1.78. The SMILES string of the molecule is CO/N=[C]/C1CC1. The molecular formula is C5H8NO. The highest BCUT2D eigenvalue weighted by molar-refractivity contribution is 5.62. The Labute approximate surface area is 43.2 Å². The summed E-state index contributed by atoms with van der Waals surface area (Å²) in [6.07, 6.45) is 5.29. The predicted molar refractivity (Wildman–Crippen MR) is 27.2 cm³/mol. The van der Waals surface area contributed by atoms with Gasteiger partial charge < -0.3 is 4.84 Å². The summed E-state index contributed by atoms with van der Waals surface area (Å²) in [6.45, 7) is 0. The van der Waals surface area contributed by atoms with Crippen molar-refractivity contribution in [2.75, 3.05) is 7.11 Å². The minimum atomic E-state index is 0.611. The van der Waals surface area contributed by atoms with Crippen molar-refractivity contribution in [3.63, 3.8) is 0 Å². The first kappa shape index (κ1) is 4.62. The van der Waals surface area contributed by atoms with Gasteiger partial charge in [0.25, 0.3) is 0 Å². The van der Waals surface area contributed by atoms with Gasteiger partial charge >= 0.3 is 0 Å². The minimum absolute atomic E-state index is 0.611. The van der Waals surface area contributed by atoms with Crippen molar-refractivity contribution < 1.29 is 4.84 Å². The van der Waals surface area contributed by atoms with E-state index in [0.29, 0.717) is 5.92 Å².